The minimum absolute atomic E-state index is 0.00282. The third kappa shape index (κ3) is 5.92. The van der Waals surface area contributed by atoms with E-state index in [1.54, 1.807) is 4.90 Å². The molecule has 0 spiro atoms. The summed E-state index contributed by atoms with van der Waals surface area (Å²) >= 11 is 0. The highest BCUT2D eigenvalue weighted by Crippen LogP contribution is 2.40. The van der Waals surface area contributed by atoms with Crippen molar-refractivity contribution in [2.75, 3.05) is 13.2 Å². The number of rotatable bonds is 10. The number of nitrogens with zero attached hydrogens (tertiary/aromatic N) is 2. The molecule has 3 aromatic carbocycles. The second-order valence-electron chi connectivity index (χ2n) is 8.86. The van der Waals surface area contributed by atoms with Gasteiger partial charge in [-0.15, -0.1) is 0 Å². The van der Waals surface area contributed by atoms with Crippen molar-refractivity contribution in [2.24, 2.45) is 0 Å². The second-order valence-corrected chi connectivity index (χ2v) is 8.86. The molecule has 0 aromatic heterocycles. The zero-order valence-electron chi connectivity index (χ0n) is 19.9. The zero-order chi connectivity index (χ0) is 26.4. The molecule has 1 N–H and O–H groups in total. The Morgan fingerprint density at radius 1 is 1.00 bits per heavy atom. The number of carboxylic acids is 1. The minimum Gasteiger partial charge on any atom is -0.480 e. The number of hydrogen-bond donors (Lipinski definition) is 1. The van der Waals surface area contributed by atoms with Crippen LogP contribution in [0, 0.1) is 21.7 Å². The van der Waals surface area contributed by atoms with Crippen molar-refractivity contribution in [3.63, 3.8) is 0 Å². The molecule has 0 bridgehead atoms. The van der Waals surface area contributed by atoms with Gasteiger partial charge in [-0.2, -0.15) is 4.39 Å². The summed E-state index contributed by atoms with van der Waals surface area (Å²) in [5.74, 6) is -5.05. The van der Waals surface area contributed by atoms with E-state index in [1.165, 1.54) is 0 Å². The van der Waals surface area contributed by atoms with Crippen LogP contribution in [0.1, 0.15) is 24.0 Å². The van der Waals surface area contributed by atoms with E-state index in [9.17, 15) is 28.8 Å². The molecular weight excluding hydrogens is 486 g/mol. The Labute approximate surface area is 212 Å². The van der Waals surface area contributed by atoms with E-state index < -0.39 is 45.6 Å². The Kier molecular flexibility index (Phi) is 8.10. The number of benzene rings is 3. The van der Waals surface area contributed by atoms with E-state index in [0.29, 0.717) is 6.07 Å². The zero-order valence-corrected chi connectivity index (χ0v) is 19.9. The van der Waals surface area contributed by atoms with E-state index in [2.05, 4.69) is 0 Å². The number of aliphatic carboxylic acids is 1. The summed E-state index contributed by atoms with van der Waals surface area (Å²) in [6.07, 6.45) is -0.00565. The first kappa shape index (κ1) is 26.2. The van der Waals surface area contributed by atoms with Crippen molar-refractivity contribution in [3.05, 3.63) is 106 Å². The number of carbonyl (C=O) groups is 1. The van der Waals surface area contributed by atoms with Crippen molar-refractivity contribution >= 4 is 11.7 Å². The lowest BCUT2D eigenvalue weighted by atomic mass is 9.84. The smallest absolute Gasteiger partial charge is 0.325 e. The molecule has 3 aromatic rings. The first-order valence-electron chi connectivity index (χ1n) is 11.7. The maximum atomic E-state index is 14.9. The summed E-state index contributed by atoms with van der Waals surface area (Å²) in [6.45, 7) is 0.566. The Morgan fingerprint density at radius 2 is 1.54 bits per heavy atom. The summed E-state index contributed by atoms with van der Waals surface area (Å²) in [7, 11) is 0. The average Bonchev–Trinajstić information content (AvgIpc) is 2.88. The largest absolute Gasteiger partial charge is 0.480 e. The van der Waals surface area contributed by atoms with Gasteiger partial charge in [0.05, 0.1) is 18.1 Å². The van der Waals surface area contributed by atoms with Crippen LogP contribution in [0.25, 0.3) is 0 Å². The monoisotopic (exact) mass is 512 g/mol. The van der Waals surface area contributed by atoms with Crippen LogP contribution in [0.2, 0.25) is 0 Å². The highest BCUT2D eigenvalue weighted by Gasteiger charge is 2.51. The van der Waals surface area contributed by atoms with Crippen molar-refractivity contribution in [2.45, 2.75) is 37.6 Å². The van der Waals surface area contributed by atoms with Gasteiger partial charge in [0.1, 0.15) is 11.6 Å². The van der Waals surface area contributed by atoms with Gasteiger partial charge in [-0.05, 0) is 17.2 Å². The average molecular weight is 513 g/mol. The maximum Gasteiger partial charge on any atom is 0.325 e. The molecule has 0 saturated carbocycles. The van der Waals surface area contributed by atoms with E-state index in [-0.39, 0.29) is 39.1 Å². The third-order valence-corrected chi connectivity index (χ3v) is 6.42. The lowest BCUT2D eigenvalue weighted by molar-refractivity contribution is -0.386. The van der Waals surface area contributed by atoms with E-state index in [4.69, 9.17) is 9.47 Å². The molecule has 0 aliphatic carbocycles. The molecule has 10 heteroatoms. The topological polar surface area (TPSA) is 102 Å². The molecule has 8 nitrogen and oxygen atoms in total. The summed E-state index contributed by atoms with van der Waals surface area (Å²) < 4.78 is 40.5. The first-order chi connectivity index (χ1) is 17.8. The van der Waals surface area contributed by atoms with E-state index >= 15 is 0 Å². The van der Waals surface area contributed by atoms with Crippen LogP contribution in [-0.4, -0.2) is 45.8 Å². The maximum absolute atomic E-state index is 14.9. The Hall–Kier alpha value is -3.89. The molecule has 37 heavy (non-hydrogen) atoms. The normalized spacial score (nSPS) is 15.8. The van der Waals surface area contributed by atoms with Gasteiger partial charge in [0.2, 0.25) is 11.6 Å². The van der Waals surface area contributed by atoms with Gasteiger partial charge in [-0.3, -0.25) is 19.8 Å². The van der Waals surface area contributed by atoms with Crippen LogP contribution in [0.15, 0.2) is 72.8 Å². The van der Waals surface area contributed by atoms with Gasteiger partial charge in [0.15, 0.2) is 5.82 Å². The molecule has 194 valence electrons. The molecule has 1 atom stereocenters. The SMILES string of the molecule is O=C(O)C(N(Cc1ccccc1)Cc1ccccc1)C1(Oc2c([N+](=O)[O-])ccc(F)c2F)CCOCC1. The molecule has 1 saturated heterocycles. The van der Waals surface area contributed by atoms with Crippen LogP contribution in [0.3, 0.4) is 0 Å². The van der Waals surface area contributed by atoms with Gasteiger partial charge in [0, 0.05) is 32.0 Å². The Morgan fingerprint density at radius 3 is 2.03 bits per heavy atom. The molecule has 1 heterocycles. The highest BCUT2D eigenvalue weighted by atomic mass is 19.2. The highest BCUT2D eigenvalue weighted by molar-refractivity contribution is 5.75. The fraction of sp³-hybridized carbons (Fsp3) is 0.296. The van der Waals surface area contributed by atoms with Gasteiger partial charge >= 0.3 is 11.7 Å². The van der Waals surface area contributed by atoms with Crippen LogP contribution >= 0.6 is 0 Å². The van der Waals surface area contributed by atoms with E-state index in [1.807, 2.05) is 60.7 Å². The number of carboxylic acid groups (broad SMARTS) is 1. The number of ether oxygens (including phenoxy) is 2. The quantitative estimate of drug-likeness (QED) is 0.303. The van der Waals surface area contributed by atoms with Crippen molar-refractivity contribution in [3.8, 4) is 5.75 Å². The predicted molar refractivity (Wildman–Crippen MR) is 130 cm³/mol. The molecule has 1 aliphatic rings. The van der Waals surface area contributed by atoms with Crippen molar-refractivity contribution in [1.29, 1.82) is 0 Å². The van der Waals surface area contributed by atoms with Crippen LogP contribution < -0.4 is 4.74 Å². The second kappa shape index (κ2) is 11.4. The standard InChI is InChI=1S/C27H26F2N2O6/c28-21-11-12-22(31(34)35)24(23(21)29)37-27(13-15-36-16-14-27)25(26(32)33)30(17-19-7-3-1-4-8-19)18-20-9-5-2-6-10-20/h1-12,25H,13-18H2,(H,32,33). The molecule has 4 rings (SSSR count). The number of nitro benzene ring substituents is 1. The third-order valence-electron chi connectivity index (χ3n) is 6.42. The first-order valence-corrected chi connectivity index (χ1v) is 11.7. The van der Waals surface area contributed by atoms with Gasteiger partial charge < -0.3 is 14.6 Å². The summed E-state index contributed by atoms with van der Waals surface area (Å²) in [5.41, 5.74) is -0.774. The van der Waals surface area contributed by atoms with Crippen LogP contribution in [0.4, 0.5) is 14.5 Å². The van der Waals surface area contributed by atoms with E-state index in [0.717, 1.165) is 17.2 Å². The number of nitro groups is 1. The molecule has 0 amide bonds. The summed E-state index contributed by atoms with van der Waals surface area (Å²) in [4.78, 5) is 25.4. The van der Waals surface area contributed by atoms with Crippen molar-refractivity contribution < 1.29 is 33.1 Å². The van der Waals surface area contributed by atoms with Crippen molar-refractivity contribution in [1.82, 2.24) is 4.90 Å². The molecule has 1 fully saturated rings. The molecular formula is C27H26F2N2O6. The van der Waals surface area contributed by atoms with Gasteiger partial charge in [-0.25, -0.2) is 4.39 Å². The molecule has 1 unspecified atom stereocenters. The van der Waals surface area contributed by atoms with Gasteiger partial charge in [-0.1, -0.05) is 60.7 Å². The molecule has 0 radical (unpaired) electrons. The molecule has 1 aliphatic heterocycles. The number of hydrogen-bond acceptors (Lipinski definition) is 6. The lowest BCUT2D eigenvalue weighted by Gasteiger charge is -2.45. The minimum atomic E-state index is -1.65. The predicted octanol–water partition coefficient (Wildman–Crippen LogP) is 4.96. The Balaban J connectivity index is 1.82. The van der Waals surface area contributed by atoms with Gasteiger partial charge in [0.25, 0.3) is 0 Å². The fourth-order valence-corrected chi connectivity index (χ4v) is 4.70. The lowest BCUT2D eigenvalue weighted by Crippen LogP contribution is -2.61. The fourth-order valence-electron chi connectivity index (χ4n) is 4.70. The van der Waals surface area contributed by atoms with Crippen LogP contribution in [0.5, 0.6) is 5.75 Å². The van der Waals surface area contributed by atoms with Crippen LogP contribution in [-0.2, 0) is 22.6 Å². The number of halogens is 2. The Bertz CT molecular complexity index is 1190. The summed E-state index contributed by atoms with van der Waals surface area (Å²) in [6, 6.07) is 18.5. The summed E-state index contributed by atoms with van der Waals surface area (Å²) in [5, 5.41) is 22.2.